The third kappa shape index (κ3) is 6.07. The molecule has 4 N–H and O–H groups in total. The van der Waals surface area contributed by atoms with E-state index in [1.807, 2.05) is 30.3 Å². The van der Waals surface area contributed by atoms with E-state index in [-0.39, 0.29) is 26.4 Å². The molecule has 0 amide bonds. The summed E-state index contributed by atoms with van der Waals surface area (Å²) in [7, 11) is 4.01. The van der Waals surface area contributed by atoms with Crippen molar-refractivity contribution in [2.24, 2.45) is 0 Å². The molecule has 0 saturated heterocycles. The number of aliphatic hydroxyl groups is 4. The molecule has 10 heteroatoms. The van der Waals surface area contributed by atoms with Gasteiger partial charge in [0.2, 0.25) is 0 Å². The van der Waals surface area contributed by atoms with Crippen LogP contribution >= 0.6 is 7.26 Å². The van der Waals surface area contributed by atoms with Crippen molar-refractivity contribution in [3.05, 3.63) is 94.5 Å². The Morgan fingerprint density at radius 1 is 0.477 bits per heavy atom. The second-order valence-corrected chi connectivity index (χ2v) is 13.9. The van der Waals surface area contributed by atoms with Crippen LogP contribution in [0.2, 0.25) is 0 Å². The molecule has 0 aliphatic carbocycles. The third-order valence-corrected chi connectivity index (χ3v) is 13.2. The third-order valence-electron chi connectivity index (χ3n) is 7.98. The van der Waals surface area contributed by atoms with Crippen LogP contribution in [0.4, 0.5) is 0 Å². The van der Waals surface area contributed by atoms with Crippen LogP contribution in [-0.2, 0) is 32.6 Å². The van der Waals surface area contributed by atoms with Crippen LogP contribution in [0.15, 0.2) is 66.7 Å². The van der Waals surface area contributed by atoms with Gasteiger partial charge in [-0.2, -0.15) is 0 Å². The van der Waals surface area contributed by atoms with Crippen molar-refractivity contribution in [2.45, 2.75) is 32.6 Å². The molecule has 0 aliphatic rings. The van der Waals surface area contributed by atoms with Crippen LogP contribution < -0.4 is 39.6 Å². The van der Waals surface area contributed by atoms with Crippen LogP contribution in [0, 0.1) is 0 Å². The molecule has 0 radical (unpaired) electrons. The standard InChI is InChI=1S/C34H41O9P/c1-39-27-13-24(18-36)32(25(14-27)19-37)44(21-22-9-7-6-8-10-22,33-26(20-38)15-28(40-2)16-31(33)43-5)34-29(41-3)11-23(17-35)12-30(34)42-4/h6-16,35-38,44H,17-21H2,1-5H3. The SMILES string of the molecule is COc1cc(CO)c([PH](Cc2ccccc2)(c2c(CO)cc(OC)cc2OC)c2c(OC)cc(CO)cc2OC)c(CO)c1. The maximum atomic E-state index is 10.9. The number of rotatable bonds is 14. The predicted molar refractivity (Wildman–Crippen MR) is 173 cm³/mol. The number of hydrogen-bond donors (Lipinski definition) is 4. The van der Waals surface area contributed by atoms with Crippen molar-refractivity contribution in [3.8, 4) is 28.7 Å². The Bertz CT molecular complexity index is 1340. The van der Waals surface area contributed by atoms with Gasteiger partial charge in [0.05, 0.1) is 0 Å². The average molecular weight is 625 g/mol. The Morgan fingerprint density at radius 2 is 0.932 bits per heavy atom. The summed E-state index contributed by atoms with van der Waals surface area (Å²) in [5, 5.41) is 45.0. The summed E-state index contributed by atoms with van der Waals surface area (Å²) < 4.78 is 29.4. The summed E-state index contributed by atoms with van der Waals surface area (Å²) in [5.41, 5.74) is 3.15. The van der Waals surface area contributed by atoms with E-state index in [1.54, 1.807) is 64.8 Å². The summed E-state index contributed by atoms with van der Waals surface area (Å²) in [4.78, 5) is 0. The molecule has 0 aromatic heterocycles. The molecule has 236 valence electrons. The molecule has 0 atom stereocenters. The second-order valence-electron chi connectivity index (χ2n) is 10.3. The number of methoxy groups -OCH3 is 5. The van der Waals surface area contributed by atoms with Gasteiger partial charge in [-0.3, -0.25) is 0 Å². The van der Waals surface area contributed by atoms with E-state index in [2.05, 4.69) is 0 Å². The Hall–Kier alpha value is -3.85. The van der Waals surface area contributed by atoms with E-state index < -0.39 is 7.26 Å². The molecule has 0 fully saturated rings. The molecule has 0 bridgehead atoms. The summed E-state index contributed by atoms with van der Waals surface area (Å²) >= 11 is 0. The fourth-order valence-electron chi connectivity index (χ4n) is 6.20. The molecule has 0 spiro atoms. The Balaban J connectivity index is 2.41. The molecule has 4 aromatic rings. The van der Waals surface area contributed by atoms with Crippen molar-refractivity contribution in [3.63, 3.8) is 0 Å². The van der Waals surface area contributed by atoms with Gasteiger partial charge in [-0.15, -0.1) is 0 Å². The maximum absolute atomic E-state index is 10.9. The summed E-state index contributed by atoms with van der Waals surface area (Å²) in [5.74, 6) is 2.31. The topological polar surface area (TPSA) is 127 Å². The van der Waals surface area contributed by atoms with Crippen molar-refractivity contribution in [1.82, 2.24) is 0 Å². The zero-order chi connectivity index (χ0) is 31.9. The van der Waals surface area contributed by atoms with E-state index in [4.69, 9.17) is 23.7 Å². The first-order valence-corrected chi connectivity index (χ1v) is 16.3. The Morgan fingerprint density at radius 3 is 1.36 bits per heavy atom. The molecule has 0 saturated carbocycles. The van der Waals surface area contributed by atoms with Gasteiger partial charge < -0.3 is 0 Å². The van der Waals surface area contributed by atoms with Gasteiger partial charge in [-0.1, -0.05) is 0 Å². The van der Waals surface area contributed by atoms with Crippen LogP contribution in [0.3, 0.4) is 0 Å². The summed E-state index contributed by atoms with van der Waals surface area (Å²) in [6.07, 6.45) is 0.390. The van der Waals surface area contributed by atoms with Crippen molar-refractivity contribution < 1.29 is 44.1 Å². The molecule has 4 aromatic carbocycles. The molecule has 9 nitrogen and oxygen atoms in total. The number of aliphatic hydroxyl groups excluding tert-OH is 4. The van der Waals surface area contributed by atoms with Gasteiger partial charge in [-0.25, -0.2) is 0 Å². The molecule has 0 heterocycles. The van der Waals surface area contributed by atoms with Crippen LogP contribution in [0.1, 0.15) is 27.8 Å². The van der Waals surface area contributed by atoms with E-state index >= 15 is 0 Å². The van der Waals surface area contributed by atoms with Gasteiger partial charge in [0.15, 0.2) is 0 Å². The number of ether oxygens (including phenoxy) is 5. The Labute approximate surface area is 258 Å². The molecular formula is C34H41O9P. The summed E-state index contributed by atoms with van der Waals surface area (Å²) in [6.45, 7) is -1.34. The molecular weight excluding hydrogens is 583 g/mol. The minimum atomic E-state index is -3.71. The van der Waals surface area contributed by atoms with Crippen LogP contribution in [0.25, 0.3) is 0 Å². The van der Waals surface area contributed by atoms with Gasteiger partial charge in [0.25, 0.3) is 0 Å². The van der Waals surface area contributed by atoms with E-state index in [0.717, 1.165) is 5.56 Å². The first-order valence-electron chi connectivity index (χ1n) is 14.1. The molecule has 4 rings (SSSR count). The Kier molecular flexibility index (Phi) is 11.1. The van der Waals surface area contributed by atoms with Crippen molar-refractivity contribution in [2.75, 3.05) is 35.5 Å². The fraction of sp³-hybridized carbons (Fsp3) is 0.294. The normalized spacial score (nSPS) is 11.7. The first-order chi connectivity index (χ1) is 21.4. The van der Waals surface area contributed by atoms with E-state index in [0.29, 0.717) is 73.1 Å². The molecule has 44 heavy (non-hydrogen) atoms. The van der Waals surface area contributed by atoms with Gasteiger partial charge >= 0.3 is 259 Å². The minimum absolute atomic E-state index is 0.250. The van der Waals surface area contributed by atoms with Gasteiger partial charge in [-0.05, 0) is 0 Å². The van der Waals surface area contributed by atoms with Crippen LogP contribution in [0.5, 0.6) is 28.7 Å². The number of benzene rings is 4. The zero-order valence-corrected chi connectivity index (χ0v) is 26.7. The van der Waals surface area contributed by atoms with Crippen molar-refractivity contribution >= 4 is 23.2 Å². The molecule has 0 aliphatic heterocycles. The monoisotopic (exact) mass is 624 g/mol. The average Bonchev–Trinajstić information content (AvgIpc) is 3.09. The van der Waals surface area contributed by atoms with Crippen LogP contribution in [-0.4, -0.2) is 56.0 Å². The zero-order valence-electron chi connectivity index (χ0n) is 25.7. The van der Waals surface area contributed by atoms with Gasteiger partial charge in [0, 0.05) is 0 Å². The predicted octanol–water partition coefficient (Wildman–Crippen LogP) is 2.93. The van der Waals surface area contributed by atoms with Gasteiger partial charge in [0.1, 0.15) is 0 Å². The summed E-state index contributed by atoms with van der Waals surface area (Å²) in [6, 6.07) is 20.4. The second kappa shape index (κ2) is 14.8. The molecule has 0 unspecified atom stereocenters. The fourth-order valence-corrected chi connectivity index (χ4v) is 12.2. The first kappa shape index (κ1) is 33.1. The van der Waals surface area contributed by atoms with E-state index in [1.165, 1.54) is 7.11 Å². The van der Waals surface area contributed by atoms with E-state index in [9.17, 15) is 20.4 Å². The quantitative estimate of drug-likeness (QED) is 0.157. The number of hydrogen-bond acceptors (Lipinski definition) is 9. The van der Waals surface area contributed by atoms with Crippen molar-refractivity contribution in [1.29, 1.82) is 0 Å².